The van der Waals surface area contributed by atoms with Gasteiger partial charge in [-0.25, -0.2) is 0 Å². The molecule has 1 unspecified atom stereocenters. The largest absolute Gasteiger partial charge is 0.320 e. The van der Waals surface area contributed by atoms with Gasteiger partial charge in [0, 0.05) is 13.0 Å². The van der Waals surface area contributed by atoms with E-state index in [-0.39, 0.29) is 18.4 Å². The van der Waals surface area contributed by atoms with E-state index >= 15 is 0 Å². The van der Waals surface area contributed by atoms with Crippen molar-refractivity contribution in [1.29, 1.82) is 0 Å². The van der Waals surface area contributed by atoms with Gasteiger partial charge >= 0.3 is 0 Å². The average molecular weight is 168 g/mol. The summed E-state index contributed by atoms with van der Waals surface area (Å²) in [5.74, 6) is -0.437. The van der Waals surface area contributed by atoms with E-state index in [2.05, 4.69) is 6.58 Å². The maximum absolute atomic E-state index is 11.3. The van der Waals surface area contributed by atoms with Crippen LogP contribution in [0.5, 0.6) is 0 Å². The number of piperidine rings is 1. The van der Waals surface area contributed by atoms with Gasteiger partial charge in [0.1, 0.15) is 0 Å². The number of likely N-dealkylation sites (tertiary alicyclic amines) is 1. The lowest BCUT2D eigenvalue weighted by molar-refractivity contribution is -0.148. The molecule has 66 valence electrons. The van der Waals surface area contributed by atoms with Crippen molar-refractivity contribution in [3.63, 3.8) is 0 Å². The molecule has 1 fully saturated rings. The van der Waals surface area contributed by atoms with E-state index in [0.29, 0.717) is 12.8 Å². The summed E-state index contributed by atoms with van der Waals surface area (Å²) in [5, 5.41) is 0. The van der Waals surface area contributed by atoms with Crippen molar-refractivity contribution in [1.82, 2.24) is 4.90 Å². The van der Waals surface area contributed by atoms with Crippen molar-refractivity contribution in [3.05, 3.63) is 12.7 Å². The molecule has 0 aromatic rings. The van der Waals surface area contributed by atoms with Gasteiger partial charge in [-0.15, -0.1) is 6.58 Å². The fraction of sp³-hybridized carbons (Fsp3) is 0.500. The SMILES string of the molecule is C=CCN1C(=O)CCC(N)C1=O. The highest BCUT2D eigenvalue weighted by atomic mass is 16.2. The summed E-state index contributed by atoms with van der Waals surface area (Å²) >= 11 is 0. The van der Waals surface area contributed by atoms with E-state index < -0.39 is 6.04 Å². The van der Waals surface area contributed by atoms with Gasteiger partial charge in [0.25, 0.3) is 0 Å². The van der Waals surface area contributed by atoms with Crippen LogP contribution >= 0.6 is 0 Å². The molecule has 1 heterocycles. The highest BCUT2D eigenvalue weighted by Crippen LogP contribution is 2.10. The molecule has 1 aliphatic rings. The Kier molecular flexibility index (Phi) is 2.60. The van der Waals surface area contributed by atoms with E-state index in [0.717, 1.165) is 4.90 Å². The first-order valence-electron chi connectivity index (χ1n) is 3.87. The van der Waals surface area contributed by atoms with Crippen molar-refractivity contribution in [2.75, 3.05) is 6.54 Å². The Bertz CT molecular complexity index is 225. The normalized spacial score (nSPS) is 24.4. The Labute approximate surface area is 71.0 Å². The molecular formula is C8H12N2O2. The van der Waals surface area contributed by atoms with Crippen LogP contribution in [0.2, 0.25) is 0 Å². The maximum atomic E-state index is 11.3. The first-order valence-corrected chi connectivity index (χ1v) is 3.87. The first kappa shape index (κ1) is 8.93. The Morgan fingerprint density at radius 3 is 2.92 bits per heavy atom. The second-order valence-electron chi connectivity index (χ2n) is 2.78. The minimum absolute atomic E-state index is 0.151. The third-order valence-electron chi connectivity index (χ3n) is 1.87. The molecule has 1 atom stereocenters. The third-order valence-corrected chi connectivity index (χ3v) is 1.87. The molecule has 0 bridgehead atoms. The first-order chi connectivity index (χ1) is 5.66. The second kappa shape index (κ2) is 3.49. The molecule has 2 N–H and O–H groups in total. The number of hydrogen-bond donors (Lipinski definition) is 1. The maximum Gasteiger partial charge on any atom is 0.246 e. The van der Waals surface area contributed by atoms with E-state index in [1.54, 1.807) is 0 Å². The monoisotopic (exact) mass is 168 g/mol. The standard InChI is InChI=1S/C8H12N2O2/c1-2-5-10-7(11)4-3-6(9)8(10)12/h2,6H,1,3-5,9H2. The van der Waals surface area contributed by atoms with Crippen molar-refractivity contribution < 1.29 is 9.59 Å². The van der Waals surface area contributed by atoms with E-state index in [1.807, 2.05) is 0 Å². The zero-order valence-electron chi connectivity index (χ0n) is 6.82. The number of nitrogens with two attached hydrogens (primary N) is 1. The van der Waals surface area contributed by atoms with Crippen LogP contribution in [0, 0.1) is 0 Å². The Morgan fingerprint density at radius 1 is 1.67 bits per heavy atom. The average Bonchev–Trinajstić information content (AvgIpc) is 2.06. The Morgan fingerprint density at radius 2 is 2.33 bits per heavy atom. The lowest BCUT2D eigenvalue weighted by Crippen LogP contribution is -2.51. The van der Waals surface area contributed by atoms with Crippen LogP contribution < -0.4 is 5.73 Å². The van der Waals surface area contributed by atoms with Gasteiger partial charge < -0.3 is 5.73 Å². The summed E-state index contributed by atoms with van der Waals surface area (Å²) in [4.78, 5) is 23.6. The van der Waals surface area contributed by atoms with Crippen LogP contribution in [-0.4, -0.2) is 29.3 Å². The molecule has 1 saturated heterocycles. The molecule has 0 aliphatic carbocycles. The smallest absolute Gasteiger partial charge is 0.246 e. The number of rotatable bonds is 2. The summed E-state index contributed by atoms with van der Waals surface area (Å²) < 4.78 is 0. The molecule has 0 spiro atoms. The van der Waals surface area contributed by atoms with Crippen molar-refractivity contribution in [2.45, 2.75) is 18.9 Å². The van der Waals surface area contributed by atoms with Gasteiger partial charge in [0.05, 0.1) is 6.04 Å². The third kappa shape index (κ3) is 1.53. The predicted molar refractivity (Wildman–Crippen MR) is 44.1 cm³/mol. The predicted octanol–water partition coefficient (Wildman–Crippen LogP) is -0.351. The molecule has 4 heteroatoms. The molecule has 4 nitrogen and oxygen atoms in total. The van der Waals surface area contributed by atoms with Crippen LogP contribution in [0.4, 0.5) is 0 Å². The van der Waals surface area contributed by atoms with E-state index in [4.69, 9.17) is 5.73 Å². The number of amides is 2. The molecule has 1 rings (SSSR count). The number of hydrogen-bond acceptors (Lipinski definition) is 3. The lowest BCUT2D eigenvalue weighted by Gasteiger charge is -2.27. The molecule has 2 amide bonds. The summed E-state index contributed by atoms with van der Waals surface area (Å²) in [5.41, 5.74) is 5.48. The minimum Gasteiger partial charge on any atom is -0.320 e. The van der Waals surface area contributed by atoms with E-state index in [1.165, 1.54) is 6.08 Å². The van der Waals surface area contributed by atoms with Gasteiger partial charge in [-0.2, -0.15) is 0 Å². The van der Waals surface area contributed by atoms with Gasteiger partial charge in [0.2, 0.25) is 11.8 Å². The molecule has 0 aromatic carbocycles. The quantitative estimate of drug-likeness (QED) is 0.452. The highest BCUT2D eigenvalue weighted by Gasteiger charge is 2.30. The van der Waals surface area contributed by atoms with Gasteiger partial charge in [-0.3, -0.25) is 14.5 Å². The fourth-order valence-electron chi connectivity index (χ4n) is 1.18. The Hall–Kier alpha value is -1.16. The van der Waals surface area contributed by atoms with Crippen LogP contribution in [0.15, 0.2) is 12.7 Å². The second-order valence-corrected chi connectivity index (χ2v) is 2.78. The number of imide groups is 1. The molecule has 0 aromatic heterocycles. The van der Waals surface area contributed by atoms with Gasteiger partial charge in [-0.05, 0) is 6.42 Å². The molecular weight excluding hydrogens is 156 g/mol. The van der Waals surface area contributed by atoms with E-state index in [9.17, 15) is 9.59 Å². The highest BCUT2D eigenvalue weighted by molar-refractivity contribution is 6.00. The summed E-state index contributed by atoms with van der Waals surface area (Å²) in [6, 6.07) is -0.511. The summed E-state index contributed by atoms with van der Waals surface area (Å²) in [6.07, 6.45) is 2.35. The lowest BCUT2D eigenvalue weighted by atomic mass is 10.1. The van der Waals surface area contributed by atoms with Crippen molar-refractivity contribution in [3.8, 4) is 0 Å². The topological polar surface area (TPSA) is 63.4 Å². The molecule has 0 radical (unpaired) electrons. The number of carbonyl (C=O) groups excluding carboxylic acids is 2. The van der Waals surface area contributed by atoms with Crippen molar-refractivity contribution in [2.24, 2.45) is 5.73 Å². The molecule has 0 saturated carbocycles. The summed E-state index contributed by atoms with van der Waals surface area (Å²) in [6.45, 7) is 3.73. The van der Waals surface area contributed by atoms with Crippen molar-refractivity contribution >= 4 is 11.8 Å². The number of carbonyl (C=O) groups is 2. The number of nitrogens with zero attached hydrogens (tertiary/aromatic N) is 1. The van der Waals surface area contributed by atoms with Crippen LogP contribution in [0.1, 0.15) is 12.8 Å². The zero-order valence-corrected chi connectivity index (χ0v) is 6.82. The molecule has 1 aliphatic heterocycles. The fourth-order valence-corrected chi connectivity index (χ4v) is 1.18. The van der Waals surface area contributed by atoms with Gasteiger partial charge in [-0.1, -0.05) is 6.08 Å². The van der Waals surface area contributed by atoms with Crippen LogP contribution in [-0.2, 0) is 9.59 Å². The van der Waals surface area contributed by atoms with Gasteiger partial charge in [0.15, 0.2) is 0 Å². The zero-order chi connectivity index (χ0) is 9.14. The van der Waals surface area contributed by atoms with Crippen LogP contribution in [0.25, 0.3) is 0 Å². The Balaban J connectivity index is 2.71. The molecule has 12 heavy (non-hydrogen) atoms. The van der Waals surface area contributed by atoms with Crippen LogP contribution in [0.3, 0.4) is 0 Å². The minimum atomic E-state index is -0.511. The summed E-state index contributed by atoms with van der Waals surface area (Å²) in [7, 11) is 0.